The fourth-order valence-corrected chi connectivity index (χ4v) is 2.19. The van der Waals surface area contributed by atoms with Crippen molar-refractivity contribution in [1.82, 2.24) is 4.98 Å². The molecule has 0 aliphatic heterocycles. The first-order valence-electron chi connectivity index (χ1n) is 5.16. The molecular weight excluding hydrogens is 226 g/mol. The van der Waals surface area contributed by atoms with E-state index in [-0.39, 0.29) is 6.29 Å². The molecule has 1 heterocycles. The third-order valence-corrected chi connectivity index (χ3v) is 3.18. The first-order chi connectivity index (χ1) is 7.46. The van der Waals surface area contributed by atoms with E-state index in [4.69, 9.17) is 9.47 Å². The van der Waals surface area contributed by atoms with E-state index < -0.39 is 5.60 Å². The van der Waals surface area contributed by atoms with Crippen LogP contribution in [0.2, 0.25) is 0 Å². The summed E-state index contributed by atoms with van der Waals surface area (Å²) in [5, 5.41) is 13.2. The van der Waals surface area contributed by atoms with Crippen LogP contribution in [0.5, 0.6) is 0 Å². The van der Waals surface area contributed by atoms with Crippen molar-refractivity contribution in [2.24, 2.45) is 0 Å². The summed E-state index contributed by atoms with van der Waals surface area (Å²) < 4.78 is 10.2. The van der Waals surface area contributed by atoms with Gasteiger partial charge in [0.15, 0.2) is 6.29 Å². The average Bonchev–Trinajstić information content (AvgIpc) is 2.59. The highest BCUT2D eigenvalue weighted by Gasteiger charge is 2.26. The lowest BCUT2D eigenvalue weighted by molar-refractivity contribution is -0.139. The molecule has 4 nitrogen and oxygen atoms in total. The minimum absolute atomic E-state index is 0.380. The zero-order valence-corrected chi connectivity index (χ0v) is 11.0. The van der Waals surface area contributed by atoms with Gasteiger partial charge in [-0.1, -0.05) is 0 Å². The first-order valence-corrected chi connectivity index (χ1v) is 6.04. The lowest BCUT2D eigenvalue weighted by Crippen LogP contribution is -2.34. The summed E-state index contributed by atoms with van der Waals surface area (Å²) in [6, 6.07) is 0. The molecule has 1 N–H and O–H groups in total. The molecule has 0 saturated carbocycles. The number of nitrogens with zero attached hydrogens (tertiary/aromatic N) is 1. The van der Waals surface area contributed by atoms with Crippen LogP contribution in [0.3, 0.4) is 0 Å². The van der Waals surface area contributed by atoms with Gasteiger partial charge >= 0.3 is 0 Å². The molecule has 1 atom stereocenters. The van der Waals surface area contributed by atoms with Gasteiger partial charge in [-0.15, -0.1) is 11.3 Å². The van der Waals surface area contributed by atoms with Gasteiger partial charge in [0.1, 0.15) is 0 Å². The van der Waals surface area contributed by atoms with Crippen LogP contribution in [0.25, 0.3) is 0 Å². The number of aromatic nitrogens is 1. The summed E-state index contributed by atoms with van der Waals surface area (Å²) in [5.74, 6) is 0. The second-order valence-corrected chi connectivity index (χ2v) is 5.20. The summed E-state index contributed by atoms with van der Waals surface area (Å²) in [6.07, 6.45) is 0.562. The minimum Gasteiger partial charge on any atom is -0.390 e. The molecule has 1 unspecified atom stereocenters. The highest BCUT2D eigenvalue weighted by atomic mass is 32.1. The standard InChI is InChI=1S/C11H19NO3S/c1-8-12-9(7-16-8)5-11(2,13)6-10(14-3)15-4/h7,10,13H,5-6H2,1-4H3. The summed E-state index contributed by atoms with van der Waals surface area (Å²) in [4.78, 5) is 4.33. The molecule has 0 aromatic carbocycles. The van der Waals surface area contributed by atoms with Gasteiger partial charge in [0.2, 0.25) is 0 Å². The smallest absolute Gasteiger partial charge is 0.159 e. The van der Waals surface area contributed by atoms with Gasteiger partial charge in [0.05, 0.1) is 16.3 Å². The number of methoxy groups -OCH3 is 2. The number of ether oxygens (including phenoxy) is 2. The maximum atomic E-state index is 10.2. The molecule has 1 rings (SSSR count). The zero-order valence-electron chi connectivity index (χ0n) is 10.2. The van der Waals surface area contributed by atoms with Gasteiger partial charge in [-0.3, -0.25) is 0 Å². The Hall–Kier alpha value is -0.490. The molecule has 0 fully saturated rings. The van der Waals surface area contributed by atoms with E-state index in [9.17, 15) is 5.11 Å². The second kappa shape index (κ2) is 5.72. The molecule has 0 radical (unpaired) electrons. The van der Waals surface area contributed by atoms with E-state index in [1.807, 2.05) is 12.3 Å². The number of hydrogen-bond acceptors (Lipinski definition) is 5. The van der Waals surface area contributed by atoms with Gasteiger partial charge < -0.3 is 14.6 Å². The van der Waals surface area contributed by atoms with Crippen molar-refractivity contribution < 1.29 is 14.6 Å². The van der Waals surface area contributed by atoms with Crippen LogP contribution in [-0.4, -0.2) is 36.2 Å². The third-order valence-electron chi connectivity index (χ3n) is 2.36. The van der Waals surface area contributed by atoms with Crippen molar-refractivity contribution in [3.63, 3.8) is 0 Å². The minimum atomic E-state index is -0.864. The summed E-state index contributed by atoms with van der Waals surface area (Å²) in [5.41, 5.74) is 0.0513. The Morgan fingerprint density at radius 1 is 1.50 bits per heavy atom. The Bertz CT molecular complexity index is 321. The van der Waals surface area contributed by atoms with Gasteiger partial charge in [0.25, 0.3) is 0 Å². The molecule has 0 bridgehead atoms. The summed E-state index contributed by atoms with van der Waals surface area (Å²) in [7, 11) is 3.13. The van der Waals surface area contributed by atoms with Crippen LogP contribution in [0.4, 0.5) is 0 Å². The quantitative estimate of drug-likeness (QED) is 0.776. The van der Waals surface area contributed by atoms with Crippen molar-refractivity contribution in [2.45, 2.75) is 38.6 Å². The molecule has 0 saturated heterocycles. The Labute approximate surface area is 100 Å². The van der Waals surface area contributed by atoms with Gasteiger partial charge in [0, 0.05) is 32.4 Å². The summed E-state index contributed by atoms with van der Waals surface area (Å²) >= 11 is 1.59. The number of rotatable bonds is 6. The van der Waals surface area contributed by atoms with Gasteiger partial charge in [-0.05, 0) is 13.8 Å². The predicted octanol–water partition coefficient (Wildman–Crippen LogP) is 1.75. The number of hydrogen-bond donors (Lipinski definition) is 1. The van der Waals surface area contributed by atoms with Crippen molar-refractivity contribution in [2.75, 3.05) is 14.2 Å². The molecule has 1 aromatic heterocycles. The molecule has 16 heavy (non-hydrogen) atoms. The highest BCUT2D eigenvalue weighted by molar-refractivity contribution is 7.09. The summed E-state index contributed by atoms with van der Waals surface area (Å²) in [6.45, 7) is 3.72. The van der Waals surface area contributed by atoms with Crippen LogP contribution < -0.4 is 0 Å². The Morgan fingerprint density at radius 2 is 2.12 bits per heavy atom. The number of aliphatic hydroxyl groups is 1. The maximum Gasteiger partial charge on any atom is 0.159 e. The van der Waals surface area contributed by atoms with Gasteiger partial charge in [-0.2, -0.15) is 0 Å². The van der Waals surface area contributed by atoms with E-state index in [1.54, 1.807) is 32.5 Å². The van der Waals surface area contributed by atoms with Crippen molar-refractivity contribution in [3.05, 3.63) is 16.1 Å². The monoisotopic (exact) mass is 245 g/mol. The SMILES string of the molecule is COC(CC(C)(O)Cc1csc(C)n1)OC. The normalized spacial score (nSPS) is 15.4. The van der Waals surface area contributed by atoms with Crippen LogP contribution in [0.1, 0.15) is 24.0 Å². The van der Waals surface area contributed by atoms with Crippen LogP contribution >= 0.6 is 11.3 Å². The predicted molar refractivity (Wildman–Crippen MR) is 63.6 cm³/mol. The Morgan fingerprint density at radius 3 is 2.56 bits per heavy atom. The molecule has 1 aromatic rings. The topological polar surface area (TPSA) is 51.6 Å². The Kier molecular flexibility index (Phi) is 4.86. The van der Waals surface area contributed by atoms with Crippen molar-refractivity contribution >= 4 is 11.3 Å². The molecule has 0 spiro atoms. The van der Waals surface area contributed by atoms with Crippen LogP contribution in [0, 0.1) is 6.92 Å². The first kappa shape index (κ1) is 13.6. The second-order valence-electron chi connectivity index (χ2n) is 4.14. The lowest BCUT2D eigenvalue weighted by Gasteiger charge is -2.26. The maximum absolute atomic E-state index is 10.2. The van der Waals surface area contributed by atoms with Crippen LogP contribution in [-0.2, 0) is 15.9 Å². The molecule has 92 valence electrons. The molecule has 0 aliphatic carbocycles. The third kappa shape index (κ3) is 4.17. The lowest BCUT2D eigenvalue weighted by atomic mass is 9.96. The van der Waals surface area contributed by atoms with Crippen LogP contribution in [0.15, 0.2) is 5.38 Å². The van der Waals surface area contributed by atoms with Gasteiger partial charge in [-0.25, -0.2) is 4.98 Å². The van der Waals surface area contributed by atoms with E-state index in [2.05, 4.69) is 4.98 Å². The highest BCUT2D eigenvalue weighted by Crippen LogP contribution is 2.21. The molecule has 0 aliphatic rings. The number of thiazole rings is 1. The number of aryl methyl sites for hydroxylation is 1. The largest absolute Gasteiger partial charge is 0.390 e. The zero-order chi connectivity index (χ0) is 12.2. The fraction of sp³-hybridized carbons (Fsp3) is 0.727. The van der Waals surface area contributed by atoms with E-state index in [1.165, 1.54) is 0 Å². The van der Waals surface area contributed by atoms with E-state index in [0.717, 1.165) is 10.7 Å². The van der Waals surface area contributed by atoms with E-state index in [0.29, 0.717) is 12.8 Å². The molecule has 0 amide bonds. The molecule has 5 heteroatoms. The van der Waals surface area contributed by atoms with Crippen molar-refractivity contribution in [1.29, 1.82) is 0 Å². The molecular formula is C11H19NO3S. The average molecular weight is 245 g/mol. The Balaban J connectivity index is 2.57. The fourth-order valence-electron chi connectivity index (χ4n) is 1.57. The van der Waals surface area contributed by atoms with Crippen molar-refractivity contribution in [3.8, 4) is 0 Å². The van der Waals surface area contributed by atoms with E-state index >= 15 is 0 Å².